The first-order valence-electron chi connectivity index (χ1n) is 0.638. The average molecular weight is 61.0 g/mol. The molecule has 0 rings (SSSR count). The molecule has 3 heteroatoms. The van der Waals surface area contributed by atoms with E-state index in [9.17, 15) is 0 Å². The van der Waals surface area contributed by atoms with Gasteiger partial charge in [-0.3, -0.25) is 9.68 Å². The van der Waals surface area contributed by atoms with E-state index in [1.165, 1.54) is 0 Å². The number of hydrogen-bond acceptors (Lipinski definition) is 2. The first-order chi connectivity index (χ1) is 1.91. The summed E-state index contributed by atoms with van der Waals surface area (Å²) in [4.78, 5) is 11.2. The van der Waals surface area contributed by atoms with E-state index in [1.807, 2.05) is 0 Å². The molecule has 3 nitrogen and oxygen atoms in total. The molecular weight excluding hydrogens is 60.0 g/mol. The van der Waals surface area contributed by atoms with Crippen molar-refractivity contribution in [1.82, 2.24) is 0 Å². The minimum Gasteiger partial charge on any atom is -0.269 e. The van der Waals surface area contributed by atoms with Gasteiger partial charge in [0.05, 0.1) is 0 Å². The zero-order valence-corrected chi connectivity index (χ0v) is 1.80. The van der Waals surface area contributed by atoms with Crippen LogP contribution < -0.4 is 0 Å². The summed E-state index contributed by atoms with van der Waals surface area (Å²) in [5.41, 5.74) is 0. The van der Waals surface area contributed by atoms with E-state index in [1.54, 1.807) is 0 Å². The Hall–Kier alpha value is -0.570. The van der Waals surface area contributed by atoms with Gasteiger partial charge >= 0.3 is 6.47 Å². The molecule has 0 N–H and O–H groups in total. The second-order valence-electron chi connectivity index (χ2n) is 0.192. The quantitative estimate of drug-likeness (QED) is 0.233. The number of rotatable bonds is 1. The van der Waals surface area contributed by atoms with Crippen LogP contribution in [-0.2, 0) is 14.9 Å². The summed E-state index contributed by atoms with van der Waals surface area (Å²) < 4.78 is 0. The van der Waals surface area contributed by atoms with Crippen LogP contribution in [0.2, 0.25) is 0 Å². The van der Waals surface area contributed by atoms with Crippen molar-refractivity contribution in [2.75, 3.05) is 0 Å². The molecule has 0 spiro atoms. The summed E-state index contributed by atoms with van der Waals surface area (Å²) >= 11 is 0. The molecule has 0 bridgehead atoms. The Morgan fingerprint density at radius 2 is 2.00 bits per heavy atom. The highest BCUT2D eigenvalue weighted by Gasteiger charge is 1.52. The Morgan fingerprint density at radius 3 is 2.00 bits per heavy atom. The van der Waals surface area contributed by atoms with Crippen molar-refractivity contribution < 1.29 is 14.9 Å². The molecule has 0 aromatic heterocycles. The Balaban J connectivity index is 2.30. The second-order valence-corrected chi connectivity index (χ2v) is 0.192. The van der Waals surface area contributed by atoms with Crippen molar-refractivity contribution in [3.8, 4) is 0 Å². The van der Waals surface area contributed by atoms with Gasteiger partial charge in [0.25, 0.3) is 0 Å². The van der Waals surface area contributed by atoms with Gasteiger partial charge < -0.3 is 0 Å². The van der Waals surface area contributed by atoms with Crippen molar-refractivity contribution in [3.05, 3.63) is 0 Å². The summed E-state index contributed by atoms with van der Waals surface area (Å²) in [5.74, 6) is 0. The number of hydrogen-bond donors (Lipinski definition) is 0. The molecule has 4 heavy (non-hydrogen) atoms. The van der Waals surface area contributed by atoms with Gasteiger partial charge in [-0.15, -0.1) is 0 Å². The Bertz CT molecular complexity index is 17.2. The molecule has 0 aromatic rings. The third kappa shape index (κ3) is 1.43. The standard InChI is InChI=1S/CHO3/c2-1-4-3/h1H. The average Bonchev–Trinajstić information content (AvgIpc) is 1.37. The molecule has 0 saturated carbocycles. The maximum atomic E-state index is 8.64. The molecule has 0 aliphatic rings. The normalized spacial score (nSPS) is 5.25. The van der Waals surface area contributed by atoms with Crippen LogP contribution in [0.1, 0.15) is 0 Å². The highest BCUT2D eigenvalue weighted by atomic mass is 17.1. The lowest BCUT2D eigenvalue weighted by Gasteiger charge is -1.56. The van der Waals surface area contributed by atoms with Gasteiger partial charge in [0.1, 0.15) is 0 Å². The first-order valence-corrected chi connectivity index (χ1v) is 0.638. The SMILES string of the molecule is [O]OC=O. The van der Waals surface area contributed by atoms with E-state index < -0.39 is 0 Å². The number of carbonyl (C=O) groups is 1. The lowest BCUT2D eigenvalue weighted by Crippen LogP contribution is -1.66. The maximum Gasteiger partial charge on any atom is 0.334 e. The van der Waals surface area contributed by atoms with Gasteiger partial charge in [0.2, 0.25) is 0 Å². The zero-order chi connectivity index (χ0) is 3.41. The van der Waals surface area contributed by atoms with E-state index in [0.717, 1.165) is 0 Å². The Labute approximate surface area is 22.7 Å². The largest absolute Gasteiger partial charge is 0.334 e. The predicted molar refractivity (Wildman–Crippen MR) is 7.84 cm³/mol. The molecule has 0 aromatic carbocycles. The molecule has 0 atom stereocenters. The highest BCUT2D eigenvalue weighted by Crippen LogP contribution is 1.37. The molecule has 0 amide bonds. The molecule has 0 fully saturated rings. The van der Waals surface area contributed by atoms with Gasteiger partial charge in [-0.2, -0.15) is 0 Å². The fraction of sp³-hybridized carbons (Fsp3) is 0. The topological polar surface area (TPSA) is 46.2 Å². The van der Waals surface area contributed by atoms with Crippen molar-refractivity contribution in [2.24, 2.45) is 0 Å². The molecule has 0 saturated heterocycles. The van der Waals surface area contributed by atoms with E-state index in [0.29, 0.717) is 0 Å². The fourth-order valence-corrected chi connectivity index (χ4v) is 0. The van der Waals surface area contributed by atoms with Crippen molar-refractivity contribution >= 4 is 6.47 Å². The van der Waals surface area contributed by atoms with E-state index in [-0.39, 0.29) is 6.47 Å². The van der Waals surface area contributed by atoms with Crippen LogP contribution in [0.3, 0.4) is 0 Å². The molecule has 0 aliphatic heterocycles. The van der Waals surface area contributed by atoms with Crippen molar-refractivity contribution in [3.63, 3.8) is 0 Å². The minimum atomic E-state index is -0.181. The van der Waals surface area contributed by atoms with Crippen LogP contribution in [0.15, 0.2) is 0 Å². The van der Waals surface area contributed by atoms with Gasteiger partial charge in [0.15, 0.2) is 0 Å². The second kappa shape index (κ2) is 2.43. The van der Waals surface area contributed by atoms with Crippen LogP contribution in [0.5, 0.6) is 0 Å². The van der Waals surface area contributed by atoms with Crippen LogP contribution in [0.25, 0.3) is 0 Å². The van der Waals surface area contributed by atoms with Crippen LogP contribution in [-0.4, -0.2) is 6.47 Å². The van der Waals surface area contributed by atoms with E-state index in [2.05, 4.69) is 4.89 Å². The summed E-state index contributed by atoms with van der Waals surface area (Å²) in [6.45, 7) is -0.181. The lowest BCUT2D eigenvalue weighted by atomic mass is 11.7. The lowest BCUT2D eigenvalue weighted by molar-refractivity contribution is -0.264. The third-order valence-corrected chi connectivity index (χ3v) is 0.0393. The van der Waals surface area contributed by atoms with Crippen LogP contribution >= 0.6 is 0 Å². The molecule has 0 unspecified atom stereocenters. The Morgan fingerprint density at radius 1 is 1.75 bits per heavy atom. The summed E-state index contributed by atoms with van der Waals surface area (Å²) in [7, 11) is 0. The molecule has 0 heterocycles. The highest BCUT2D eigenvalue weighted by molar-refractivity contribution is 5.35. The molecular formula is CHO3. The summed E-state index contributed by atoms with van der Waals surface area (Å²) in [6.07, 6.45) is 0. The number of carbonyl (C=O) groups excluding carboxylic acids is 1. The maximum absolute atomic E-state index is 8.64. The van der Waals surface area contributed by atoms with E-state index in [4.69, 9.17) is 10.1 Å². The fourth-order valence-electron chi connectivity index (χ4n) is 0. The van der Waals surface area contributed by atoms with Gasteiger partial charge in [-0.1, -0.05) is 0 Å². The third-order valence-electron chi connectivity index (χ3n) is 0.0393. The van der Waals surface area contributed by atoms with E-state index >= 15 is 0 Å². The first kappa shape index (κ1) is 3.43. The molecule has 23 valence electrons. The molecule has 1 radical (unpaired) electrons. The van der Waals surface area contributed by atoms with Gasteiger partial charge in [0, 0.05) is 5.26 Å². The Kier molecular flexibility index (Phi) is 2.08. The van der Waals surface area contributed by atoms with Crippen molar-refractivity contribution in [2.45, 2.75) is 0 Å². The van der Waals surface area contributed by atoms with Crippen LogP contribution in [0.4, 0.5) is 0 Å². The predicted octanol–water partition coefficient (Wildman–Crippen LogP) is -0.495. The van der Waals surface area contributed by atoms with Crippen molar-refractivity contribution in [1.29, 1.82) is 0 Å². The van der Waals surface area contributed by atoms with Gasteiger partial charge in [-0.05, 0) is 0 Å². The summed E-state index contributed by atoms with van der Waals surface area (Å²) in [6, 6.07) is 0. The smallest absolute Gasteiger partial charge is 0.269 e. The minimum absolute atomic E-state index is 0.181. The van der Waals surface area contributed by atoms with Gasteiger partial charge in [-0.25, -0.2) is 0 Å². The molecule has 0 aliphatic carbocycles. The van der Waals surface area contributed by atoms with Crippen LogP contribution in [0, 0.1) is 0 Å². The summed E-state index contributed by atoms with van der Waals surface area (Å²) in [5, 5.41) is 8.43. The zero-order valence-electron chi connectivity index (χ0n) is 1.80. The monoisotopic (exact) mass is 61.0 g/mol.